The fourth-order valence-electron chi connectivity index (χ4n) is 2.31. The van der Waals surface area contributed by atoms with E-state index in [0.29, 0.717) is 6.54 Å². The quantitative estimate of drug-likeness (QED) is 0.562. The molecule has 24 heavy (non-hydrogen) atoms. The highest BCUT2D eigenvalue weighted by atomic mass is 16.3. The molecule has 0 aliphatic rings. The van der Waals surface area contributed by atoms with Gasteiger partial charge in [0.05, 0.1) is 6.61 Å². The van der Waals surface area contributed by atoms with Gasteiger partial charge in [0.15, 0.2) is 0 Å². The minimum atomic E-state index is 0.233. The molecule has 2 heteroatoms. The van der Waals surface area contributed by atoms with E-state index >= 15 is 0 Å². The maximum absolute atomic E-state index is 8.00. The fraction of sp³-hybridized carbons (Fsp3) is 0.727. The zero-order valence-electron chi connectivity index (χ0n) is 17.0. The largest absolute Gasteiger partial charge is 0.395 e. The maximum Gasteiger partial charge on any atom is 0.0555 e. The van der Waals surface area contributed by atoms with Crippen molar-refractivity contribution in [3.8, 4) is 0 Å². The van der Waals surface area contributed by atoms with Crippen LogP contribution in [0, 0.1) is 5.92 Å². The number of aliphatic hydroxyl groups excluding tert-OH is 1. The van der Waals surface area contributed by atoms with Gasteiger partial charge in [-0.05, 0) is 31.4 Å². The van der Waals surface area contributed by atoms with Crippen molar-refractivity contribution in [3.63, 3.8) is 0 Å². The van der Waals surface area contributed by atoms with Crippen molar-refractivity contribution in [2.75, 3.05) is 20.2 Å². The van der Waals surface area contributed by atoms with Crippen molar-refractivity contribution in [2.24, 2.45) is 5.92 Å². The van der Waals surface area contributed by atoms with E-state index in [2.05, 4.69) is 63.3 Å². The third-order valence-corrected chi connectivity index (χ3v) is 4.06. The lowest BCUT2D eigenvalue weighted by atomic mass is 9.93. The number of aliphatic hydroxyl groups is 1. The summed E-state index contributed by atoms with van der Waals surface area (Å²) >= 11 is 0. The molecule has 0 bridgehead atoms. The Kier molecular flexibility index (Phi) is 23.4. The van der Waals surface area contributed by atoms with Crippen LogP contribution in [0.25, 0.3) is 0 Å². The molecule has 2 nitrogen and oxygen atoms in total. The van der Waals surface area contributed by atoms with Crippen molar-refractivity contribution in [2.45, 2.75) is 79.1 Å². The van der Waals surface area contributed by atoms with Crippen molar-refractivity contribution in [1.82, 2.24) is 5.32 Å². The first-order valence-electron chi connectivity index (χ1n) is 9.99. The van der Waals surface area contributed by atoms with Crippen molar-refractivity contribution in [3.05, 3.63) is 35.9 Å². The Morgan fingerprint density at radius 1 is 0.917 bits per heavy atom. The van der Waals surface area contributed by atoms with Crippen LogP contribution in [-0.2, 0) is 6.42 Å². The molecule has 0 heterocycles. The first kappa shape index (κ1) is 25.4. The zero-order valence-corrected chi connectivity index (χ0v) is 17.0. The summed E-state index contributed by atoms with van der Waals surface area (Å²) in [6.45, 7) is 9.90. The van der Waals surface area contributed by atoms with E-state index in [9.17, 15) is 0 Å². The molecule has 0 aromatic heterocycles. The summed E-state index contributed by atoms with van der Waals surface area (Å²) in [6.07, 6.45) is 10.7. The van der Waals surface area contributed by atoms with E-state index in [1.807, 2.05) is 0 Å². The molecule has 1 unspecified atom stereocenters. The summed E-state index contributed by atoms with van der Waals surface area (Å²) < 4.78 is 0. The minimum Gasteiger partial charge on any atom is -0.395 e. The number of hydrogen-bond donors (Lipinski definition) is 2. The molecule has 0 amide bonds. The summed E-state index contributed by atoms with van der Waals surface area (Å²) in [5.74, 6) is 0.957. The summed E-state index contributed by atoms with van der Waals surface area (Å²) in [6, 6.07) is 10.8. The Labute approximate surface area is 152 Å². The van der Waals surface area contributed by atoms with Crippen LogP contribution >= 0.6 is 0 Å². The molecule has 1 atom stereocenters. The van der Waals surface area contributed by atoms with Gasteiger partial charge < -0.3 is 10.4 Å². The predicted molar refractivity (Wildman–Crippen MR) is 110 cm³/mol. The van der Waals surface area contributed by atoms with Gasteiger partial charge in [0.1, 0.15) is 0 Å². The third-order valence-electron chi connectivity index (χ3n) is 4.06. The number of likely N-dealkylation sites (N-methyl/N-ethyl adjacent to an activating group) is 1. The summed E-state index contributed by atoms with van der Waals surface area (Å²) in [5, 5.41) is 10.8. The second-order valence-corrected chi connectivity index (χ2v) is 6.27. The SMILES string of the molecule is CCCC.CCCC(CC)CCCc1ccccc1.CNCCO. The molecule has 1 aromatic carbocycles. The van der Waals surface area contributed by atoms with Gasteiger partial charge in [0, 0.05) is 6.54 Å². The van der Waals surface area contributed by atoms with Crippen LogP contribution in [0.1, 0.15) is 78.2 Å². The number of unbranched alkanes of at least 4 members (excludes halogenated alkanes) is 1. The van der Waals surface area contributed by atoms with Crippen LogP contribution in [0.2, 0.25) is 0 Å². The predicted octanol–water partition coefficient (Wildman–Crippen LogP) is 5.84. The van der Waals surface area contributed by atoms with E-state index in [4.69, 9.17) is 5.11 Å². The average molecular weight is 338 g/mol. The van der Waals surface area contributed by atoms with Gasteiger partial charge in [-0.3, -0.25) is 0 Å². The van der Waals surface area contributed by atoms with Gasteiger partial charge in [-0.1, -0.05) is 96.6 Å². The third kappa shape index (κ3) is 19.2. The summed E-state index contributed by atoms with van der Waals surface area (Å²) in [4.78, 5) is 0. The Morgan fingerprint density at radius 3 is 1.92 bits per heavy atom. The van der Waals surface area contributed by atoms with Crippen LogP contribution in [-0.4, -0.2) is 25.3 Å². The highest BCUT2D eigenvalue weighted by molar-refractivity contribution is 5.14. The van der Waals surface area contributed by atoms with Gasteiger partial charge in [0.2, 0.25) is 0 Å². The second-order valence-electron chi connectivity index (χ2n) is 6.27. The lowest BCUT2D eigenvalue weighted by Gasteiger charge is -2.13. The highest BCUT2D eigenvalue weighted by Crippen LogP contribution is 2.18. The Morgan fingerprint density at radius 2 is 1.54 bits per heavy atom. The molecule has 142 valence electrons. The molecule has 0 aliphatic carbocycles. The molecule has 0 fully saturated rings. The standard InChI is InChI=1S/C15H24.C4H10.C3H9NO/c1-3-9-14(4-2)12-8-13-15-10-6-5-7-11-15;1-3-4-2;1-4-2-3-5/h5-7,10-11,14H,3-4,8-9,12-13H2,1-2H3;3-4H2,1-2H3;4-5H,2-3H2,1H3. The summed E-state index contributed by atoms with van der Waals surface area (Å²) in [7, 11) is 1.80. The van der Waals surface area contributed by atoms with Gasteiger partial charge >= 0.3 is 0 Å². The average Bonchev–Trinajstić information content (AvgIpc) is 2.63. The fourth-order valence-corrected chi connectivity index (χ4v) is 2.31. The molecular weight excluding hydrogens is 294 g/mol. The van der Waals surface area contributed by atoms with Gasteiger partial charge in [-0.15, -0.1) is 0 Å². The van der Waals surface area contributed by atoms with Crippen LogP contribution in [0.5, 0.6) is 0 Å². The summed E-state index contributed by atoms with van der Waals surface area (Å²) in [5.41, 5.74) is 1.49. The zero-order chi connectivity index (χ0) is 18.5. The van der Waals surface area contributed by atoms with Crippen LogP contribution < -0.4 is 5.32 Å². The van der Waals surface area contributed by atoms with E-state index in [-0.39, 0.29) is 6.61 Å². The van der Waals surface area contributed by atoms with E-state index in [0.717, 1.165) is 5.92 Å². The molecule has 0 spiro atoms. The van der Waals surface area contributed by atoms with Crippen LogP contribution in [0.15, 0.2) is 30.3 Å². The Hall–Kier alpha value is -0.860. The van der Waals surface area contributed by atoms with E-state index in [1.54, 1.807) is 7.05 Å². The highest BCUT2D eigenvalue weighted by Gasteiger charge is 2.04. The van der Waals surface area contributed by atoms with Gasteiger partial charge in [0.25, 0.3) is 0 Å². The minimum absolute atomic E-state index is 0.233. The van der Waals surface area contributed by atoms with Gasteiger partial charge in [-0.25, -0.2) is 0 Å². The normalized spacial score (nSPS) is 10.9. The monoisotopic (exact) mass is 337 g/mol. The van der Waals surface area contributed by atoms with Crippen molar-refractivity contribution >= 4 is 0 Å². The van der Waals surface area contributed by atoms with Crippen molar-refractivity contribution in [1.29, 1.82) is 0 Å². The Bertz CT molecular complexity index is 309. The molecule has 1 aromatic rings. The second kappa shape index (κ2) is 22.1. The Balaban J connectivity index is 0. The van der Waals surface area contributed by atoms with Crippen LogP contribution in [0.4, 0.5) is 0 Å². The van der Waals surface area contributed by atoms with Gasteiger partial charge in [-0.2, -0.15) is 0 Å². The number of rotatable bonds is 10. The van der Waals surface area contributed by atoms with Crippen molar-refractivity contribution < 1.29 is 5.11 Å². The number of nitrogens with one attached hydrogen (secondary N) is 1. The molecular formula is C22H43NO. The number of aryl methyl sites for hydroxylation is 1. The van der Waals surface area contributed by atoms with E-state index in [1.165, 1.54) is 56.9 Å². The first-order chi connectivity index (χ1) is 11.7. The smallest absolute Gasteiger partial charge is 0.0555 e. The molecule has 0 radical (unpaired) electrons. The maximum atomic E-state index is 8.00. The molecule has 0 saturated heterocycles. The number of benzene rings is 1. The molecule has 2 N–H and O–H groups in total. The first-order valence-corrected chi connectivity index (χ1v) is 9.99. The van der Waals surface area contributed by atoms with E-state index < -0.39 is 0 Å². The lowest BCUT2D eigenvalue weighted by molar-refractivity contribution is 0.296. The molecule has 0 aliphatic heterocycles. The topological polar surface area (TPSA) is 32.3 Å². The molecule has 1 rings (SSSR count). The van der Waals surface area contributed by atoms with Crippen LogP contribution in [0.3, 0.4) is 0 Å². The lowest BCUT2D eigenvalue weighted by Crippen LogP contribution is -2.10. The molecule has 0 saturated carbocycles. The number of hydrogen-bond acceptors (Lipinski definition) is 2.